The number of rotatable bonds is 15. The van der Waals surface area contributed by atoms with Crippen LogP contribution in [0.5, 0.6) is 17.2 Å². The maximum absolute atomic E-state index is 12.4. The predicted octanol–water partition coefficient (Wildman–Crippen LogP) is 7.24. The largest absolute Gasteiger partial charge is 0.494 e. The fourth-order valence-electron chi connectivity index (χ4n) is 3.04. The fraction of sp³-hybridized carbons (Fsp3) is 0.444. The van der Waals surface area contributed by atoms with Gasteiger partial charge in [0.1, 0.15) is 17.2 Å². The minimum Gasteiger partial charge on any atom is -0.494 e. The van der Waals surface area contributed by atoms with Gasteiger partial charge in [-0.05, 0) is 73.7 Å². The SMILES string of the molecule is C=CCCCOc1ccc(OC(=O)c2ccc(OCCCCCC(C)CC)cc2)cc1. The maximum Gasteiger partial charge on any atom is 0.343 e. The Morgan fingerprint density at radius 2 is 1.45 bits per heavy atom. The van der Waals surface area contributed by atoms with Crippen molar-refractivity contribution in [2.24, 2.45) is 5.92 Å². The summed E-state index contributed by atoms with van der Waals surface area (Å²) in [4.78, 5) is 12.4. The molecule has 0 spiro atoms. The van der Waals surface area contributed by atoms with Crippen LogP contribution in [-0.2, 0) is 0 Å². The Hall–Kier alpha value is -2.75. The van der Waals surface area contributed by atoms with Gasteiger partial charge in [0.25, 0.3) is 0 Å². The first-order valence-electron chi connectivity index (χ1n) is 11.4. The number of unbranched alkanes of at least 4 members (excludes halogenated alkanes) is 3. The molecule has 4 heteroatoms. The lowest BCUT2D eigenvalue weighted by atomic mass is 10.0. The molecule has 0 amide bonds. The number of esters is 1. The molecule has 2 aromatic rings. The molecule has 1 atom stereocenters. The van der Waals surface area contributed by atoms with Crippen LogP contribution in [0.1, 0.15) is 69.2 Å². The Labute approximate surface area is 187 Å². The Bertz CT molecular complexity index is 765. The molecule has 2 aromatic carbocycles. The van der Waals surface area contributed by atoms with E-state index in [0.717, 1.165) is 36.7 Å². The molecule has 0 heterocycles. The van der Waals surface area contributed by atoms with Gasteiger partial charge < -0.3 is 14.2 Å². The first kappa shape index (κ1) is 24.5. The van der Waals surface area contributed by atoms with Crippen molar-refractivity contribution in [1.29, 1.82) is 0 Å². The molecule has 0 fully saturated rings. The lowest BCUT2D eigenvalue weighted by Gasteiger charge is -2.09. The van der Waals surface area contributed by atoms with Crippen molar-refractivity contribution in [1.82, 2.24) is 0 Å². The number of hydrogen-bond acceptors (Lipinski definition) is 4. The quantitative estimate of drug-likeness (QED) is 0.131. The van der Waals surface area contributed by atoms with E-state index in [2.05, 4.69) is 20.4 Å². The third kappa shape index (κ3) is 9.73. The highest BCUT2D eigenvalue weighted by Gasteiger charge is 2.09. The molecule has 0 aliphatic rings. The summed E-state index contributed by atoms with van der Waals surface area (Å²) in [7, 11) is 0. The zero-order valence-electron chi connectivity index (χ0n) is 19.0. The van der Waals surface area contributed by atoms with Crippen LogP contribution >= 0.6 is 0 Å². The first-order chi connectivity index (χ1) is 15.1. The molecule has 168 valence electrons. The summed E-state index contributed by atoms with van der Waals surface area (Å²) in [5, 5.41) is 0. The van der Waals surface area contributed by atoms with Gasteiger partial charge in [0.2, 0.25) is 0 Å². The van der Waals surface area contributed by atoms with Gasteiger partial charge >= 0.3 is 5.97 Å². The second kappa shape index (κ2) is 14.3. The molecular formula is C27H36O4. The molecule has 0 aliphatic heterocycles. The Morgan fingerprint density at radius 1 is 0.871 bits per heavy atom. The predicted molar refractivity (Wildman–Crippen MR) is 126 cm³/mol. The standard InChI is InChI=1S/C27H36O4/c1-4-6-9-20-29-25-16-18-26(19-17-25)31-27(28)23-12-14-24(15-13-23)30-21-10-7-8-11-22(3)5-2/h4,12-19,22H,1,5-11,20-21H2,2-3H3. The molecule has 0 saturated heterocycles. The lowest BCUT2D eigenvalue weighted by molar-refractivity contribution is 0.0734. The van der Waals surface area contributed by atoms with Gasteiger partial charge in [-0.2, -0.15) is 0 Å². The van der Waals surface area contributed by atoms with E-state index in [1.807, 2.05) is 18.2 Å². The molecule has 0 aliphatic carbocycles. The molecular weight excluding hydrogens is 388 g/mol. The van der Waals surface area contributed by atoms with Crippen LogP contribution in [0, 0.1) is 5.92 Å². The van der Waals surface area contributed by atoms with E-state index in [4.69, 9.17) is 14.2 Å². The Morgan fingerprint density at radius 3 is 2.06 bits per heavy atom. The van der Waals surface area contributed by atoms with Gasteiger partial charge in [-0.1, -0.05) is 45.6 Å². The van der Waals surface area contributed by atoms with Gasteiger partial charge in [-0.3, -0.25) is 0 Å². The van der Waals surface area contributed by atoms with Crippen molar-refractivity contribution in [3.8, 4) is 17.2 Å². The average molecular weight is 425 g/mol. The van der Waals surface area contributed by atoms with Crippen LogP contribution in [0.4, 0.5) is 0 Å². The zero-order valence-corrected chi connectivity index (χ0v) is 19.0. The molecule has 0 aromatic heterocycles. The van der Waals surface area contributed by atoms with E-state index in [-0.39, 0.29) is 0 Å². The van der Waals surface area contributed by atoms with E-state index in [9.17, 15) is 4.79 Å². The summed E-state index contributed by atoms with van der Waals surface area (Å²) >= 11 is 0. The summed E-state index contributed by atoms with van der Waals surface area (Å²) in [6.45, 7) is 9.58. The van der Waals surface area contributed by atoms with Crippen molar-refractivity contribution < 1.29 is 19.0 Å². The van der Waals surface area contributed by atoms with E-state index in [1.54, 1.807) is 36.4 Å². The normalized spacial score (nSPS) is 11.5. The Balaban J connectivity index is 1.70. The fourth-order valence-corrected chi connectivity index (χ4v) is 3.04. The molecule has 31 heavy (non-hydrogen) atoms. The van der Waals surface area contributed by atoms with Crippen molar-refractivity contribution in [3.63, 3.8) is 0 Å². The first-order valence-corrected chi connectivity index (χ1v) is 11.4. The molecule has 1 unspecified atom stereocenters. The number of ether oxygens (including phenoxy) is 3. The molecule has 0 radical (unpaired) electrons. The van der Waals surface area contributed by atoms with Gasteiger partial charge in [0, 0.05) is 0 Å². The van der Waals surface area contributed by atoms with Gasteiger partial charge in [-0.15, -0.1) is 6.58 Å². The Kier molecular flexibility index (Phi) is 11.3. The smallest absolute Gasteiger partial charge is 0.343 e. The monoisotopic (exact) mass is 424 g/mol. The summed E-state index contributed by atoms with van der Waals surface area (Å²) in [5.41, 5.74) is 0.491. The highest BCUT2D eigenvalue weighted by molar-refractivity contribution is 5.91. The highest BCUT2D eigenvalue weighted by atomic mass is 16.5. The van der Waals surface area contributed by atoms with Crippen LogP contribution in [0.2, 0.25) is 0 Å². The minimum absolute atomic E-state index is 0.392. The van der Waals surface area contributed by atoms with Crippen molar-refractivity contribution in [3.05, 3.63) is 66.7 Å². The minimum atomic E-state index is -0.392. The lowest BCUT2D eigenvalue weighted by Crippen LogP contribution is -2.08. The second-order valence-corrected chi connectivity index (χ2v) is 7.88. The van der Waals surface area contributed by atoms with Crippen molar-refractivity contribution in [2.75, 3.05) is 13.2 Å². The molecule has 0 bridgehead atoms. The van der Waals surface area contributed by atoms with Gasteiger partial charge in [-0.25, -0.2) is 4.79 Å². The topological polar surface area (TPSA) is 44.8 Å². The molecule has 0 N–H and O–H groups in total. The average Bonchev–Trinajstić information content (AvgIpc) is 2.80. The number of carbonyl (C=O) groups excluding carboxylic acids is 1. The summed E-state index contributed by atoms with van der Waals surface area (Å²) in [6.07, 6.45) is 9.77. The molecule has 0 saturated carbocycles. The molecule has 4 nitrogen and oxygen atoms in total. The van der Waals surface area contributed by atoms with Crippen LogP contribution in [0.3, 0.4) is 0 Å². The van der Waals surface area contributed by atoms with Gasteiger partial charge in [0.05, 0.1) is 18.8 Å². The summed E-state index contributed by atoms with van der Waals surface area (Å²) in [6, 6.07) is 14.2. The van der Waals surface area contributed by atoms with Gasteiger partial charge in [0.15, 0.2) is 0 Å². The van der Waals surface area contributed by atoms with E-state index in [1.165, 1.54) is 25.7 Å². The van der Waals surface area contributed by atoms with E-state index < -0.39 is 5.97 Å². The number of allylic oxidation sites excluding steroid dienone is 1. The van der Waals surface area contributed by atoms with Crippen LogP contribution in [-0.4, -0.2) is 19.2 Å². The van der Waals surface area contributed by atoms with Crippen LogP contribution < -0.4 is 14.2 Å². The molecule has 2 rings (SSSR count). The third-order valence-electron chi connectivity index (χ3n) is 5.25. The summed E-state index contributed by atoms with van der Waals surface area (Å²) < 4.78 is 16.9. The van der Waals surface area contributed by atoms with Crippen LogP contribution in [0.15, 0.2) is 61.2 Å². The number of benzene rings is 2. The second-order valence-electron chi connectivity index (χ2n) is 7.88. The van der Waals surface area contributed by atoms with Crippen LogP contribution in [0.25, 0.3) is 0 Å². The zero-order chi connectivity index (χ0) is 22.3. The van der Waals surface area contributed by atoms with Crippen molar-refractivity contribution >= 4 is 5.97 Å². The van der Waals surface area contributed by atoms with E-state index in [0.29, 0.717) is 24.5 Å². The van der Waals surface area contributed by atoms with Crippen molar-refractivity contribution in [2.45, 2.75) is 58.8 Å². The summed E-state index contributed by atoms with van der Waals surface area (Å²) in [5.74, 6) is 2.44. The number of hydrogen-bond donors (Lipinski definition) is 0. The highest BCUT2D eigenvalue weighted by Crippen LogP contribution is 2.20. The third-order valence-corrected chi connectivity index (χ3v) is 5.25. The number of carbonyl (C=O) groups is 1. The maximum atomic E-state index is 12.4. The van der Waals surface area contributed by atoms with E-state index >= 15 is 0 Å².